The fourth-order valence-electron chi connectivity index (χ4n) is 0.389. The van der Waals surface area contributed by atoms with Gasteiger partial charge in [-0.2, -0.15) is 0 Å². The van der Waals surface area contributed by atoms with E-state index in [9.17, 15) is 4.79 Å². The van der Waals surface area contributed by atoms with Gasteiger partial charge in [0, 0.05) is 0 Å². The molecule has 0 aromatic heterocycles. The van der Waals surface area contributed by atoms with Crippen molar-refractivity contribution >= 4 is 13.4 Å². The Balaban J connectivity index is 1.97. The van der Waals surface area contributed by atoms with Gasteiger partial charge in [-0.15, -0.1) is 0 Å². The molecule has 0 bridgehead atoms. The first-order valence-corrected chi connectivity index (χ1v) is 2.61. The minimum atomic E-state index is -0.385. The molecule has 1 aliphatic carbocycles. The molecule has 5 heteroatoms. The van der Waals surface area contributed by atoms with Crippen molar-refractivity contribution in [2.75, 3.05) is 0 Å². The summed E-state index contributed by atoms with van der Waals surface area (Å²) in [5.74, 6) is 5.11. The molecule has 0 unspecified atom stereocenters. The van der Waals surface area contributed by atoms with E-state index in [1.807, 2.05) is 17.6 Å². The first-order valence-electron chi connectivity index (χ1n) is 2.61. The highest BCUT2D eigenvalue weighted by Crippen LogP contribution is 2.19. The van der Waals surface area contributed by atoms with Crippen LogP contribution >= 0.6 is 0 Å². The van der Waals surface area contributed by atoms with Crippen molar-refractivity contribution in [3.05, 3.63) is 12.2 Å². The molecule has 0 aromatic rings. The molecule has 0 aromatic carbocycles. The van der Waals surface area contributed by atoms with Gasteiger partial charge in [-0.05, 0) is 5.82 Å². The lowest BCUT2D eigenvalue weighted by molar-refractivity contribution is 0.246. The Hall–Kier alpha value is -0.965. The summed E-state index contributed by atoms with van der Waals surface area (Å²) in [7, 11) is 1.65. The van der Waals surface area contributed by atoms with Crippen LogP contribution in [0.25, 0.3) is 0 Å². The van der Waals surface area contributed by atoms with Gasteiger partial charge in [0.05, 0.1) is 0 Å². The Morgan fingerprint density at radius 1 is 1.67 bits per heavy atom. The van der Waals surface area contributed by atoms with E-state index in [0.29, 0.717) is 5.82 Å². The van der Waals surface area contributed by atoms with Crippen molar-refractivity contribution in [2.24, 2.45) is 5.84 Å². The first-order chi connectivity index (χ1) is 4.33. The maximum absolute atomic E-state index is 10.3. The van der Waals surface area contributed by atoms with Crippen LogP contribution in [0.15, 0.2) is 12.2 Å². The number of amides is 2. The van der Waals surface area contributed by atoms with Crippen molar-refractivity contribution < 1.29 is 4.79 Å². The maximum Gasteiger partial charge on any atom is 0.316 e. The maximum atomic E-state index is 10.3. The van der Waals surface area contributed by atoms with E-state index in [1.165, 1.54) is 0 Å². The van der Waals surface area contributed by atoms with Crippen molar-refractivity contribution in [2.45, 2.75) is 5.82 Å². The summed E-state index contributed by atoms with van der Waals surface area (Å²) in [6.07, 6.45) is 3.91. The zero-order valence-electron chi connectivity index (χ0n) is 4.79. The Labute approximate surface area is 53.7 Å². The molecule has 1 aliphatic rings. The first kappa shape index (κ1) is 6.16. The lowest BCUT2D eigenvalue weighted by atomic mass is 9.85. The van der Waals surface area contributed by atoms with Gasteiger partial charge in [0.1, 0.15) is 0 Å². The van der Waals surface area contributed by atoms with Crippen LogP contribution in [0.5, 0.6) is 0 Å². The zero-order chi connectivity index (χ0) is 6.69. The second kappa shape index (κ2) is 2.54. The van der Waals surface area contributed by atoms with Crippen LogP contribution in [0.1, 0.15) is 0 Å². The monoisotopic (exact) mass is 124 g/mol. The van der Waals surface area contributed by atoms with Crippen LogP contribution in [0.4, 0.5) is 4.79 Å². The van der Waals surface area contributed by atoms with E-state index in [2.05, 4.69) is 5.23 Å². The third-order valence-corrected chi connectivity index (χ3v) is 0.953. The molecule has 0 fully saturated rings. The van der Waals surface area contributed by atoms with E-state index in [1.54, 1.807) is 7.41 Å². The highest BCUT2D eigenvalue weighted by molar-refractivity contribution is 6.41. The molecule has 0 spiro atoms. The molecule has 0 saturated carbocycles. The summed E-state index contributed by atoms with van der Waals surface area (Å²) in [5, 5.41) is 2.43. The summed E-state index contributed by atoms with van der Waals surface area (Å²) in [6, 6.07) is -0.385. The molecule has 0 aliphatic heterocycles. The number of carbonyl (C=O) groups excluding carboxylic acids is 1. The van der Waals surface area contributed by atoms with E-state index in [0.717, 1.165) is 0 Å². The number of carbonyl (C=O) groups is 1. The third kappa shape index (κ3) is 2.18. The molecule has 47 valence electrons. The zero-order valence-corrected chi connectivity index (χ0v) is 4.79. The lowest BCUT2D eigenvalue weighted by Crippen LogP contribution is -2.41. The molecule has 1 radical (unpaired) electrons. The Bertz CT molecular complexity index is 141. The normalized spacial score (nSPS) is 14.8. The summed E-state index contributed by atoms with van der Waals surface area (Å²) >= 11 is 0. The second-order valence-corrected chi connectivity index (χ2v) is 1.75. The summed E-state index contributed by atoms with van der Waals surface area (Å²) in [6.45, 7) is 0. The fourth-order valence-corrected chi connectivity index (χ4v) is 0.389. The molecule has 4 N–H and O–H groups in total. The standard InChI is InChI=1S/C4H7BN3O/c6-8-4(9)7-5-3-1-2-3/h1-3H,6H2,(H2,7,8,9). The summed E-state index contributed by atoms with van der Waals surface area (Å²) in [5.41, 5.74) is 1.94. The van der Waals surface area contributed by atoms with E-state index >= 15 is 0 Å². The third-order valence-electron chi connectivity index (χ3n) is 0.953. The molecule has 4 nitrogen and oxygen atoms in total. The van der Waals surface area contributed by atoms with Crippen molar-refractivity contribution in [3.63, 3.8) is 0 Å². The average molecular weight is 124 g/mol. The van der Waals surface area contributed by atoms with Crippen molar-refractivity contribution in [3.8, 4) is 0 Å². The van der Waals surface area contributed by atoms with E-state index < -0.39 is 0 Å². The van der Waals surface area contributed by atoms with Gasteiger partial charge in [-0.1, -0.05) is 12.2 Å². The molecule has 0 atom stereocenters. The average Bonchev–Trinajstić information content (AvgIpc) is 2.65. The van der Waals surface area contributed by atoms with Gasteiger partial charge in [0.2, 0.25) is 0 Å². The number of hydrogen-bond donors (Lipinski definition) is 3. The van der Waals surface area contributed by atoms with Crippen LogP contribution in [0.3, 0.4) is 0 Å². The van der Waals surface area contributed by atoms with Crippen LogP contribution in [0, 0.1) is 0 Å². The quantitative estimate of drug-likeness (QED) is 0.147. The number of hydrazine groups is 1. The van der Waals surface area contributed by atoms with Crippen molar-refractivity contribution in [1.82, 2.24) is 10.7 Å². The van der Waals surface area contributed by atoms with Crippen molar-refractivity contribution in [1.29, 1.82) is 0 Å². The van der Waals surface area contributed by atoms with Crippen LogP contribution in [0.2, 0.25) is 5.82 Å². The van der Waals surface area contributed by atoms with Gasteiger partial charge >= 0.3 is 6.03 Å². The topological polar surface area (TPSA) is 67.1 Å². The van der Waals surface area contributed by atoms with Gasteiger partial charge < -0.3 is 5.23 Å². The molecule has 9 heavy (non-hydrogen) atoms. The van der Waals surface area contributed by atoms with Gasteiger partial charge in [0.15, 0.2) is 0 Å². The fraction of sp³-hybridized carbons (Fsp3) is 0.250. The van der Waals surface area contributed by atoms with Crippen LogP contribution in [-0.4, -0.2) is 13.4 Å². The molecule has 2 amide bonds. The van der Waals surface area contributed by atoms with Crippen LogP contribution in [-0.2, 0) is 0 Å². The lowest BCUT2D eigenvalue weighted by Gasteiger charge is -1.98. The molecule has 0 saturated heterocycles. The Kier molecular flexibility index (Phi) is 1.74. The van der Waals surface area contributed by atoms with E-state index in [-0.39, 0.29) is 6.03 Å². The SMILES string of the molecule is NNC(=O)N[B]C1C=C1. The summed E-state index contributed by atoms with van der Waals surface area (Å²) in [4.78, 5) is 10.3. The number of urea groups is 1. The highest BCUT2D eigenvalue weighted by atomic mass is 16.2. The predicted molar refractivity (Wildman–Crippen MR) is 34.5 cm³/mol. The number of nitrogens with one attached hydrogen (secondary N) is 2. The Morgan fingerprint density at radius 3 is 2.78 bits per heavy atom. The molecule has 1 rings (SSSR count). The number of rotatable bonds is 2. The largest absolute Gasteiger partial charge is 0.384 e. The van der Waals surface area contributed by atoms with Crippen LogP contribution < -0.4 is 16.5 Å². The number of nitrogens with two attached hydrogens (primary N) is 1. The van der Waals surface area contributed by atoms with Gasteiger partial charge in [-0.25, -0.2) is 10.6 Å². The number of allylic oxidation sites excluding steroid dienone is 2. The van der Waals surface area contributed by atoms with Gasteiger partial charge in [0.25, 0.3) is 7.41 Å². The summed E-state index contributed by atoms with van der Waals surface area (Å²) < 4.78 is 0. The highest BCUT2D eigenvalue weighted by Gasteiger charge is 2.13. The second-order valence-electron chi connectivity index (χ2n) is 1.75. The van der Waals surface area contributed by atoms with Gasteiger partial charge in [-0.3, -0.25) is 5.43 Å². The molecular weight excluding hydrogens is 117 g/mol. The van der Waals surface area contributed by atoms with E-state index in [4.69, 9.17) is 5.84 Å². The minimum Gasteiger partial charge on any atom is -0.384 e. The Morgan fingerprint density at radius 2 is 2.33 bits per heavy atom. The minimum absolute atomic E-state index is 0.335. The smallest absolute Gasteiger partial charge is 0.316 e. The molecule has 0 heterocycles. The predicted octanol–water partition coefficient (Wildman–Crippen LogP) is -0.863. The molecular formula is C4H7BN3O. The number of hydrogen-bond acceptors (Lipinski definition) is 2.